The van der Waals surface area contributed by atoms with E-state index >= 15 is 0 Å². The predicted octanol–water partition coefficient (Wildman–Crippen LogP) is 4.08. The van der Waals surface area contributed by atoms with Crippen LogP contribution in [0.25, 0.3) is 0 Å². The Kier molecular flexibility index (Phi) is 6.99. The molecule has 0 aliphatic rings. The minimum absolute atomic E-state index is 0.181. The van der Waals surface area contributed by atoms with Crippen LogP contribution in [-0.4, -0.2) is 30.8 Å². The molecule has 0 aliphatic carbocycles. The Morgan fingerprint density at radius 3 is 2.28 bits per heavy atom. The van der Waals surface area contributed by atoms with E-state index in [1.807, 2.05) is 5.43 Å². The second kappa shape index (κ2) is 8.89. The van der Waals surface area contributed by atoms with Crippen molar-refractivity contribution in [1.29, 1.82) is 0 Å². The lowest BCUT2D eigenvalue weighted by atomic mass is 10.1. The highest BCUT2D eigenvalue weighted by Gasteiger charge is 2.63. The number of carbonyl (C=O) groups is 2. The third-order valence-electron chi connectivity index (χ3n) is 3.92. The number of esters is 1. The Labute approximate surface area is 174 Å². The van der Waals surface area contributed by atoms with Crippen molar-refractivity contribution in [2.45, 2.75) is 18.8 Å². The van der Waals surface area contributed by atoms with Crippen LogP contribution >= 0.6 is 23.2 Å². The van der Waals surface area contributed by atoms with E-state index in [0.29, 0.717) is 5.56 Å². The zero-order chi connectivity index (χ0) is 21.8. The van der Waals surface area contributed by atoms with Crippen LogP contribution < -0.4 is 16.2 Å². The van der Waals surface area contributed by atoms with Gasteiger partial charge < -0.3 is 15.5 Å². The summed E-state index contributed by atoms with van der Waals surface area (Å²) in [5.74, 6) is -3.06. The van der Waals surface area contributed by atoms with E-state index in [2.05, 4.69) is 10.2 Å². The first kappa shape index (κ1) is 22.8. The van der Waals surface area contributed by atoms with E-state index in [4.69, 9.17) is 23.2 Å². The fourth-order valence-electron chi connectivity index (χ4n) is 2.33. The van der Waals surface area contributed by atoms with Crippen molar-refractivity contribution in [2.75, 3.05) is 12.5 Å². The lowest BCUT2D eigenvalue weighted by Crippen LogP contribution is -2.73. The molecule has 156 valence electrons. The minimum atomic E-state index is -5.29. The highest BCUT2D eigenvalue weighted by atomic mass is 35.5. The number of methoxy groups -OCH3 is 1. The number of benzene rings is 2. The zero-order valence-corrected chi connectivity index (χ0v) is 16.7. The summed E-state index contributed by atoms with van der Waals surface area (Å²) >= 11 is 11.6. The van der Waals surface area contributed by atoms with Gasteiger partial charge in [0, 0.05) is 5.02 Å². The smallest absolute Gasteiger partial charge is 0.438 e. The molecule has 6 nitrogen and oxygen atoms in total. The fourth-order valence-corrected chi connectivity index (χ4v) is 2.82. The van der Waals surface area contributed by atoms with Crippen LogP contribution in [0.5, 0.6) is 0 Å². The molecule has 0 spiro atoms. The van der Waals surface area contributed by atoms with Crippen molar-refractivity contribution in [3.05, 3.63) is 63.6 Å². The average molecular weight is 450 g/mol. The first-order valence-corrected chi connectivity index (χ1v) is 8.79. The van der Waals surface area contributed by atoms with Crippen molar-refractivity contribution in [3.63, 3.8) is 0 Å². The summed E-state index contributed by atoms with van der Waals surface area (Å²) in [7, 11) is 0.764. The fraction of sp³-hybridized carbons (Fsp3) is 0.222. The number of carbonyl (C=O) groups excluding carboxylic acids is 2. The van der Waals surface area contributed by atoms with E-state index in [0.717, 1.165) is 13.2 Å². The molecule has 0 unspecified atom stereocenters. The molecule has 11 heteroatoms. The zero-order valence-electron chi connectivity index (χ0n) is 15.2. The van der Waals surface area contributed by atoms with Crippen molar-refractivity contribution >= 4 is 40.8 Å². The lowest BCUT2D eigenvalue weighted by molar-refractivity contribution is -0.215. The maximum absolute atomic E-state index is 14.0. The van der Waals surface area contributed by atoms with Gasteiger partial charge >= 0.3 is 17.8 Å². The molecule has 0 saturated carbocycles. The van der Waals surface area contributed by atoms with Gasteiger partial charge in [0.05, 0.1) is 23.4 Å². The maximum Gasteiger partial charge on any atom is 0.438 e. The Balaban J connectivity index is 2.44. The Morgan fingerprint density at radius 1 is 1.07 bits per heavy atom. The van der Waals surface area contributed by atoms with Gasteiger partial charge in [-0.05, 0) is 36.8 Å². The number of halogens is 5. The number of hydrogen-bond donors (Lipinski definition) is 3. The highest BCUT2D eigenvalue weighted by Crippen LogP contribution is 2.31. The van der Waals surface area contributed by atoms with Gasteiger partial charge in [-0.2, -0.15) is 18.6 Å². The van der Waals surface area contributed by atoms with Crippen LogP contribution in [0.15, 0.2) is 42.5 Å². The van der Waals surface area contributed by atoms with Gasteiger partial charge in [0.1, 0.15) is 0 Å². The molecule has 0 aromatic heterocycles. The molecule has 0 saturated heterocycles. The van der Waals surface area contributed by atoms with Crippen molar-refractivity contribution in [3.8, 4) is 0 Å². The summed E-state index contributed by atoms with van der Waals surface area (Å²) in [6.45, 7) is 1.64. The number of ether oxygens (including phenoxy) is 1. The maximum atomic E-state index is 14.0. The number of rotatable bonds is 6. The van der Waals surface area contributed by atoms with Crippen molar-refractivity contribution < 1.29 is 27.5 Å². The number of para-hydroxylation sites is 1. The van der Waals surface area contributed by atoms with Crippen molar-refractivity contribution in [2.24, 2.45) is 0 Å². The molecule has 0 heterocycles. The van der Waals surface area contributed by atoms with Gasteiger partial charge in [0.25, 0.3) is 5.91 Å². The highest BCUT2D eigenvalue weighted by molar-refractivity contribution is 6.36. The number of amides is 1. The second-order valence-electron chi connectivity index (χ2n) is 5.88. The van der Waals surface area contributed by atoms with E-state index in [9.17, 15) is 22.8 Å². The average Bonchev–Trinajstić information content (AvgIpc) is 2.64. The van der Waals surface area contributed by atoms with E-state index in [-0.39, 0.29) is 21.3 Å². The monoisotopic (exact) mass is 449 g/mol. The number of hydrogen-bond acceptors (Lipinski definition) is 5. The number of alkyl halides is 3. The van der Waals surface area contributed by atoms with Gasteiger partial charge in [-0.25, -0.2) is 4.79 Å². The van der Waals surface area contributed by atoms with E-state index in [1.165, 1.54) is 18.2 Å². The summed E-state index contributed by atoms with van der Waals surface area (Å²) < 4.78 is 46.3. The van der Waals surface area contributed by atoms with Gasteiger partial charge in [-0.1, -0.05) is 41.4 Å². The van der Waals surface area contributed by atoms with Gasteiger partial charge in [0.15, 0.2) is 0 Å². The molecule has 2 aromatic rings. The second-order valence-corrected chi connectivity index (χ2v) is 6.73. The standard InChI is InChI=1S/C18H16Cl2F3N3O3/c1-10-5-3-4-6-14(10)25-26-17(16(28)29-2,18(21,22)23)24-15(27)12-8-7-11(19)9-13(12)20/h3-9,25-26H,1-2H3,(H,24,27)/t17-/m0/s1. The largest absolute Gasteiger partial charge is 0.466 e. The normalized spacial score (nSPS) is 13.3. The molecule has 1 amide bonds. The number of anilines is 1. The first-order valence-electron chi connectivity index (χ1n) is 8.03. The SMILES string of the molecule is COC(=O)[C@@](NNc1ccccc1C)(NC(=O)c1ccc(Cl)cc1Cl)C(F)(F)F. The molecular weight excluding hydrogens is 434 g/mol. The summed E-state index contributed by atoms with van der Waals surface area (Å²) in [6, 6.07) is 9.98. The van der Waals surface area contributed by atoms with E-state index < -0.39 is 23.7 Å². The molecule has 2 aromatic carbocycles. The quantitative estimate of drug-likeness (QED) is 0.351. The molecule has 3 N–H and O–H groups in total. The lowest BCUT2D eigenvalue weighted by Gasteiger charge is -2.34. The number of hydrazine groups is 1. The number of aryl methyl sites for hydroxylation is 1. The minimum Gasteiger partial charge on any atom is -0.466 e. The summed E-state index contributed by atoms with van der Waals surface area (Å²) in [4.78, 5) is 24.7. The van der Waals surface area contributed by atoms with Crippen LogP contribution in [-0.2, 0) is 9.53 Å². The van der Waals surface area contributed by atoms with Crippen LogP contribution in [0.2, 0.25) is 10.0 Å². The van der Waals surface area contributed by atoms with Crippen molar-refractivity contribution in [1.82, 2.24) is 10.7 Å². The Bertz CT molecular complexity index is 925. The number of nitrogens with one attached hydrogen (secondary N) is 3. The summed E-state index contributed by atoms with van der Waals surface area (Å²) in [5, 5.41) is 1.64. The molecular formula is C18H16Cl2F3N3O3. The van der Waals surface area contributed by atoms with Crippen LogP contribution in [0.3, 0.4) is 0 Å². The van der Waals surface area contributed by atoms with Gasteiger partial charge in [-0.15, -0.1) is 0 Å². The first-order chi connectivity index (χ1) is 13.5. The molecule has 0 radical (unpaired) electrons. The van der Waals surface area contributed by atoms with Crippen LogP contribution in [0, 0.1) is 6.92 Å². The Morgan fingerprint density at radius 2 is 1.72 bits per heavy atom. The molecule has 1 atom stereocenters. The molecule has 0 fully saturated rings. The van der Waals surface area contributed by atoms with Gasteiger partial charge in [0.2, 0.25) is 0 Å². The van der Waals surface area contributed by atoms with Crippen LogP contribution in [0.4, 0.5) is 18.9 Å². The summed E-state index contributed by atoms with van der Waals surface area (Å²) in [5.41, 5.74) is 1.10. The topological polar surface area (TPSA) is 79.5 Å². The molecule has 2 rings (SSSR count). The van der Waals surface area contributed by atoms with Gasteiger partial charge in [-0.3, -0.25) is 4.79 Å². The van der Waals surface area contributed by atoms with Crippen LogP contribution in [0.1, 0.15) is 15.9 Å². The molecule has 29 heavy (non-hydrogen) atoms. The third-order valence-corrected chi connectivity index (χ3v) is 4.47. The summed E-state index contributed by atoms with van der Waals surface area (Å²) in [6.07, 6.45) is -5.29. The Hall–Kier alpha value is -2.49. The molecule has 0 bridgehead atoms. The predicted molar refractivity (Wildman–Crippen MR) is 103 cm³/mol. The molecule has 0 aliphatic heterocycles. The third kappa shape index (κ3) is 4.92. The van der Waals surface area contributed by atoms with E-state index in [1.54, 1.807) is 30.4 Å².